The lowest BCUT2D eigenvalue weighted by molar-refractivity contribution is -0.138. The maximum atomic E-state index is 13.0. The fourth-order valence-corrected chi connectivity index (χ4v) is 2.79. The van der Waals surface area contributed by atoms with Gasteiger partial charge in [0.2, 0.25) is 0 Å². The summed E-state index contributed by atoms with van der Waals surface area (Å²) >= 11 is 0. The van der Waals surface area contributed by atoms with E-state index in [-0.39, 0.29) is 18.0 Å². The number of ketones is 1. The third kappa shape index (κ3) is 3.41. The third-order valence-corrected chi connectivity index (χ3v) is 4.11. The first-order valence-corrected chi connectivity index (χ1v) is 7.02. The Balaban J connectivity index is 2.11. The monoisotopic (exact) mass is 264 g/mol. The lowest BCUT2D eigenvalue weighted by atomic mass is 9.86. The lowest BCUT2D eigenvalue weighted by Crippen LogP contribution is -2.39. The van der Waals surface area contributed by atoms with Gasteiger partial charge in [0.05, 0.1) is 0 Å². The van der Waals surface area contributed by atoms with E-state index in [9.17, 15) is 14.3 Å². The molecule has 3 heteroatoms. The van der Waals surface area contributed by atoms with Crippen LogP contribution in [-0.2, 0) is 11.2 Å². The van der Waals surface area contributed by atoms with Gasteiger partial charge in [-0.3, -0.25) is 4.79 Å². The van der Waals surface area contributed by atoms with Gasteiger partial charge in [0.1, 0.15) is 11.4 Å². The predicted octanol–water partition coefficient (Wildman–Crippen LogP) is 3.33. The number of Topliss-reactive ketones (excluding diaryl/α,β-unsaturated/α-hetero) is 1. The Morgan fingerprint density at radius 2 is 1.89 bits per heavy atom. The molecule has 0 heterocycles. The van der Waals surface area contributed by atoms with Gasteiger partial charge >= 0.3 is 0 Å². The van der Waals surface area contributed by atoms with E-state index in [0.717, 1.165) is 36.8 Å². The molecule has 1 aliphatic rings. The second kappa shape index (κ2) is 5.83. The van der Waals surface area contributed by atoms with Gasteiger partial charge in [-0.1, -0.05) is 31.7 Å². The normalized spacial score (nSPS) is 18.9. The van der Waals surface area contributed by atoms with Gasteiger partial charge in [-0.05, 0) is 43.0 Å². The molecule has 1 saturated carbocycles. The molecule has 0 aromatic heterocycles. The number of hydrogen-bond acceptors (Lipinski definition) is 2. The van der Waals surface area contributed by atoms with E-state index < -0.39 is 5.60 Å². The minimum Gasteiger partial charge on any atom is -0.382 e. The molecule has 0 saturated heterocycles. The van der Waals surface area contributed by atoms with Crippen molar-refractivity contribution >= 4 is 5.78 Å². The van der Waals surface area contributed by atoms with E-state index in [2.05, 4.69) is 0 Å². The predicted molar refractivity (Wildman–Crippen MR) is 72.5 cm³/mol. The Morgan fingerprint density at radius 3 is 2.47 bits per heavy atom. The molecular weight excluding hydrogens is 243 g/mol. The summed E-state index contributed by atoms with van der Waals surface area (Å²) in [5.74, 6) is -0.411. The first kappa shape index (κ1) is 14.2. The van der Waals surface area contributed by atoms with Crippen LogP contribution in [0.3, 0.4) is 0 Å². The molecule has 1 fully saturated rings. The molecule has 19 heavy (non-hydrogen) atoms. The summed E-state index contributed by atoms with van der Waals surface area (Å²) in [6, 6.07) is 4.44. The van der Waals surface area contributed by atoms with Crippen LogP contribution >= 0.6 is 0 Å². The van der Waals surface area contributed by atoms with Crippen LogP contribution in [-0.4, -0.2) is 16.5 Å². The van der Waals surface area contributed by atoms with Crippen molar-refractivity contribution in [1.29, 1.82) is 0 Å². The Bertz CT molecular complexity index is 460. The molecule has 0 aliphatic heterocycles. The van der Waals surface area contributed by atoms with Gasteiger partial charge < -0.3 is 5.11 Å². The molecule has 1 aliphatic carbocycles. The number of aliphatic hydroxyl groups is 1. The van der Waals surface area contributed by atoms with E-state index in [1.165, 1.54) is 12.1 Å². The van der Waals surface area contributed by atoms with E-state index in [0.29, 0.717) is 12.8 Å². The van der Waals surface area contributed by atoms with Crippen molar-refractivity contribution < 1.29 is 14.3 Å². The second-order valence-corrected chi connectivity index (χ2v) is 5.62. The van der Waals surface area contributed by atoms with E-state index in [1.54, 1.807) is 13.0 Å². The molecule has 0 amide bonds. The number of hydrogen-bond donors (Lipinski definition) is 1. The highest BCUT2D eigenvalue weighted by molar-refractivity contribution is 5.89. The number of aryl methyl sites for hydroxylation is 1. The summed E-state index contributed by atoms with van der Waals surface area (Å²) < 4.78 is 13.0. The van der Waals surface area contributed by atoms with Gasteiger partial charge in [0.15, 0.2) is 5.78 Å². The average Bonchev–Trinajstić information content (AvgIpc) is 2.58. The molecular formula is C16H21FO2. The van der Waals surface area contributed by atoms with Gasteiger partial charge in [-0.25, -0.2) is 4.39 Å². The molecule has 0 radical (unpaired) electrons. The van der Waals surface area contributed by atoms with Crippen LogP contribution < -0.4 is 0 Å². The molecule has 0 atom stereocenters. The van der Waals surface area contributed by atoms with Gasteiger partial charge in [-0.15, -0.1) is 0 Å². The topological polar surface area (TPSA) is 37.3 Å². The average molecular weight is 264 g/mol. The van der Waals surface area contributed by atoms with Crippen LogP contribution in [0, 0.1) is 12.7 Å². The summed E-state index contributed by atoms with van der Waals surface area (Å²) in [6.07, 6.45) is 5.31. The maximum absolute atomic E-state index is 13.0. The summed E-state index contributed by atoms with van der Waals surface area (Å²) in [4.78, 5) is 12.3. The summed E-state index contributed by atoms with van der Waals surface area (Å²) in [6.45, 7) is 1.79. The minimum absolute atomic E-state index is 0.121. The second-order valence-electron chi connectivity index (χ2n) is 5.62. The highest BCUT2D eigenvalue weighted by atomic mass is 19.1. The molecule has 1 aromatic carbocycles. The van der Waals surface area contributed by atoms with Crippen LogP contribution in [0.5, 0.6) is 0 Å². The summed E-state index contributed by atoms with van der Waals surface area (Å²) in [5.41, 5.74) is 0.409. The van der Waals surface area contributed by atoms with Gasteiger partial charge in [0.25, 0.3) is 0 Å². The van der Waals surface area contributed by atoms with Crippen LogP contribution in [0.15, 0.2) is 18.2 Å². The van der Waals surface area contributed by atoms with Crippen molar-refractivity contribution in [1.82, 2.24) is 0 Å². The molecule has 0 spiro atoms. The Labute approximate surface area is 113 Å². The summed E-state index contributed by atoms with van der Waals surface area (Å²) in [5, 5.41) is 10.5. The SMILES string of the molecule is Cc1cc(F)ccc1CC(=O)C1(O)CCCCCC1. The quantitative estimate of drug-likeness (QED) is 0.850. The van der Waals surface area contributed by atoms with Gasteiger partial charge in [0, 0.05) is 6.42 Å². The standard InChI is InChI=1S/C16H21FO2/c1-12-10-14(17)7-6-13(12)11-15(18)16(19)8-4-2-3-5-9-16/h6-7,10,19H,2-5,8-9,11H2,1H3. The lowest BCUT2D eigenvalue weighted by Gasteiger charge is -2.25. The number of halogens is 1. The number of rotatable bonds is 3. The molecule has 2 rings (SSSR count). The first-order chi connectivity index (χ1) is 9.01. The van der Waals surface area contributed by atoms with Crippen LogP contribution in [0.1, 0.15) is 49.7 Å². The zero-order valence-electron chi connectivity index (χ0n) is 11.4. The van der Waals surface area contributed by atoms with E-state index >= 15 is 0 Å². The fraction of sp³-hybridized carbons (Fsp3) is 0.562. The first-order valence-electron chi connectivity index (χ1n) is 7.02. The van der Waals surface area contributed by atoms with Crippen molar-refractivity contribution in [3.05, 3.63) is 35.1 Å². The van der Waals surface area contributed by atoms with Gasteiger partial charge in [-0.2, -0.15) is 0 Å². The fourth-order valence-electron chi connectivity index (χ4n) is 2.79. The Morgan fingerprint density at radius 1 is 1.26 bits per heavy atom. The molecule has 1 aromatic rings. The number of carbonyl (C=O) groups excluding carboxylic acids is 1. The zero-order chi connectivity index (χ0) is 13.9. The smallest absolute Gasteiger partial charge is 0.168 e. The molecule has 2 nitrogen and oxygen atoms in total. The Kier molecular flexibility index (Phi) is 4.35. The van der Waals surface area contributed by atoms with Crippen molar-refractivity contribution in [2.24, 2.45) is 0 Å². The van der Waals surface area contributed by atoms with Crippen molar-refractivity contribution in [3.8, 4) is 0 Å². The largest absolute Gasteiger partial charge is 0.382 e. The van der Waals surface area contributed by atoms with E-state index in [1.807, 2.05) is 0 Å². The zero-order valence-corrected chi connectivity index (χ0v) is 11.4. The van der Waals surface area contributed by atoms with Crippen molar-refractivity contribution in [2.75, 3.05) is 0 Å². The third-order valence-electron chi connectivity index (χ3n) is 4.11. The number of carbonyl (C=O) groups is 1. The summed E-state index contributed by atoms with van der Waals surface area (Å²) in [7, 11) is 0. The Hall–Kier alpha value is -1.22. The minimum atomic E-state index is -1.17. The maximum Gasteiger partial charge on any atom is 0.168 e. The molecule has 0 unspecified atom stereocenters. The molecule has 104 valence electrons. The highest BCUT2D eigenvalue weighted by Crippen LogP contribution is 2.29. The van der Waals surface area contributed by atoms with Crippen LogP contribution in [0.25, 0.3) is 0 Å². The van der Waals surface area contributed by atoms with E-state index in [4.69, 9.17) is 0 Å². The molecule has 0 bridgehead atoms. The van der Waals surface area contributed by atoms with Crippen LogP contribution in [0.2, 0.25) is 0 Å². The highest BCUT2D eigenvalue weighted by Gasteiger charge is 2.35. The van der Waals surface area contributed by atoms with Crippen LogP contribution in [0.4, 0.5) is 4.39 Å². The van der Waals surface area contributed by atoms with Crippen molar-refractivity contribution in [2.45, 2.75) is 57.5 Å². The van der Waals surface area contributed by atoms with Crippen molar-refractivity contribution in [3.63, 3.8) is 0 Å². The molecule has 1 N–H and O–H groups in total. The number of benzene rings is 1.